The Hall–Kier alpha value is -2.43. The van der Waals surface area contributed by atoms with Crippen LogP contribution in [0.15, 0.2) is 36.7 Å². The number of carbonyl (C=O) groups excluding carboxylic acids is 1. The maximum Gasteiger partial charge on any atom is 0.259 e. The second-order valence-corrected chi connectivity index (χ2v) is 4.07. The molecule has 2 rings (SSSR count). The lowest BCUT2D eigenvalue weighted by Gasteiger charge is -2.10. The summed E-state index contributed by atoms with van der Waals surface area (Å²) in [6.45, 7) is 4.58. The van der Waals surface area contributed by atoms with Crippen molar-refractivity contribution in [1.29, 1.82) is 0 Å². The van der Waals surface area contributed by atoms with Gasteiger partial charge in [0.25, 0.3) is 5.91 Å². The van der Waals surface area contributed by atoms with Gasteiger partial charge in [-0.05, 0) is 32.0 Å². The van der Waals surface area contributed by atoms with Gasteiger partial charge in [-0.3, -0.25) is 9.78 Å². The van der Waals surface area contributed by atoms with Crippen molar-refractivity contribution in [3.05, 3.63) is 47.9 Å². The Kier molecular flexibility index (Phi) is 4.07. The predicted octanol–water partition coefficient (Wildman–Crippen LogP) is 2.47. The zero-order valence-electron chi connectivity index (χ0n) is 11.0. The number of amides is 1. The number of rotatable bonds is 4. The van der Waals surface area contributed by atoms with E-state index in [9.17, 15) is 4.79 Å². The molecule has 0 aliphatic rings. The van der Waals surface area contributed by atoms with E-state index in [-0.39, 0.29) is 5.91 Å². The first kappa shape index (κ1) is 13.0. The molecule has 5 nitrogen and oxygen atoms in total. The Morgan fingerprint density at radius 1 is 1.32 bits per heavy atom. The summed E-state index contributed by atoms with van der Waals surface area (Å²) in [7, 11) is 0. The summed E-state index contributed by atoms with van der Waals surface area (Å²) in [6.07, 6.45) is 3.24. The number of pyridine rings is 2. The number of nitrogens with one attached hydrogen (secondary N) is 2. The number of aromatic nitrogens is 2. The van der Waals surface area contributed by atoms with E-state index in [2.05, 4.69) is 20.6 Å². The Labute approximate surface area is 112 Å². The minimum atomic E-state index is -0.198. The van der Waals surface area contributed by atoms with Crippen LogP contribution in [0.1, 0.15) is 23.0 Å². The maximum absolute atomic E-state index is 12.2. The minimum absolute atomic E-state index is 0.198. The molecule has 19 heavy (non-hydrogen) atoms. The first-order valence-corrected chi connectivity index (χ1v) is 6.13. The third-order valence-corrected chi connectivity index (χ3v) is 2.56. The molecule has 0 atom stereocenters. The van der Waals surface area contributed by atoms with Gasteiger partial charge in [0.1, 0.15) is 5.82 Å². The van der Waals surface area contributed by atoms with Crippen molar-refractivity contribution in [2.45, 2.75) is 13.8 Å². The van der Waals surface area contributed by atoms with Crippen molar-refractivity contribution in [2.24, 2.45) is 0 Å². The molecular weight excluding hydrogens is 240 g/mol. The number of nitrogens with zero attached hydrogens (tertiary/aromatic N) is 2. The molecule has 0 unspecified atom stereocenters. The molecule has 0 aliphatic carbocycles. The van der Waals surface area contributed by atoms with Gasteiger partial charge in [-0.25, -0.2) is 4.98 Å². The fourth-order valence-corrected chi connectivity index (χ4v) is 1.72. The monoisotopic (exact) mass is 256 g/mol. The van der Waals surface area contributed by atoms with E-state index in [4.69, 9.17) is 0 Å². The lowest BCUT2D eigenvalue weighted by atomic mass is 10.2. The number of carbonyl (C=O) groups is 1. The van der Waals surface area contributed by atoms with Crippen molar-refractivity contribution in [1.82, 2.24) is 9.97 Å². The fraction of sp³-hybridized carbons (Fsp3) is 0.214. The molecule has 98 valence electrons. The van der Waals surface area contributed by atoms with Gasteiger partial charge in [0.2, 0.25) is 0 Å². The van der Waals surface area contributed by atoms with Gasteiger partial charge in [-0.1, -0.05) is 6.07 Å². The molecule has 2 aromatic rings. The second kappa shape index (κ2) is 5.95. The molecule has 2 N–H and O–H groups in total. The average molecular weight is 256 g/mol. The molecule has 5 heteroatoms. The molecule has 2 heterocycles. The molecule has 2 aromatic heterocycles. The van der Waals surface area contributed by atoms with Crippen molar-refractivity contribution < 1.29 is 4.79 Å². The van der Waals surface area contributed by atoms with Crippen molar-refractivity contribution in [3.8, 4) is 0 Å². The van der Waals surface area contributed by atoms with Gasteiger partial charge in [-0.2, -0.15) is 0 Å². The van der Waals surface area contributed by atoms with Crippen molar-refractivity contribution >= 4 is 17.4 Å². The molecule has 0 saturated carbocycles. The third kappa shape index (κ3) is 3.28. The maximum atomic E-state index is 12.2. The summed E-state index contributed by atoms with van der Waals surface area (Å²) in [6, 6.07) is 7.18. The molecule has 0 fully saturated rings. The topological polar surface area (TPSA) is 66.9 Å². The minimum Gasteiger partial charge on any atom is -0.383 e. The zero-order chi connectivity index (χ0) is 13.7. The molecule has 0 aliphatic heterocycles. The van der Waals surface area contributed by atoms with E-state index < -0.39 is 0 Å². The molecule has 0 spiro atoms. The van der Waals surface area contributed by atoms with E-state index in [0.717, 1.165) is 17.9 Å². The molecule has 0 radical (unpaired) electrons. The Morgan fingerprint density at radius 2 is 2.16 bits per heavy atom. The smallest absolute Gasteiger partial charge is 0.259 e. The second-order valence-electron chi connectivity index (χ2n) is 4.07. The van der Waals surface area contributed by atoms with Crippen LogP contribution in [0.2, 0.25) is 0 Å². The summed E-state index contributed by atoms with van der Waals surface area (Å²) < 4.78 is 0. The van der Waals surface area contributed by atoms with Gasteiger partial charge in [0, 0.05) is 18.4 Å². The molecule has 1 amide bonds. The Bertz CT molecular complexity index is 583. The number of anilines is 2. The number of hydrogen-bond donors (Lipinski definition) is 2. The zero-order valence-corrected chi connectivity index (χ0v) is 11.0. The molecule has 0 saturated heterocycles. The number of aryl methyl sites for hydroxylation is 1. The van der Waals surface area contributed by atoms with Crippen LogP contribution >= 0.6 is 0 Å². The standard InChI is InChI=1S/C14H16N4O/c1-3-16-12-9-15-8-7-11(12)14(19)18-13-6-4-5-10(2)17-13/h4-9,16H,3H2,1-2H3,(H,17,18,19). The molecular formula is C14H16N4O. The molecule has 0 bridgehead atoms. The highest BCUT2D eigenvalue weighted by Crippen LogP contribution is 2.15. The summed E-state index contributed by atoms with van der Waals surface area (Å²) in [4.78, 5) is 20.5. The predicted molar refractivity (Wildman–Crippen MR) is 75.3 cm³/mol. The highest BCUT2D eigenvalue weighted by atomic mass is 16.1. The van der Waals surface area contributed by atoms with Gasteiger partial charge in [0.05, 0.1) is 17.4 Å². The third-order valence-electron chi connectivity index (χ3n) is 2.56. The summed E-state index contributed by atoms with van der Waals surface area (Å²) in [5.74, 6) is 0.348. The van der Waals surface area contributed by atoms with E-state index in [1.807, 2.05) is 26.0 Å². The van der Waals surface area contributed by atoms with E-state index >= 15 is 0 Å². The normalized spacial score (nSPS) is 10.0. The lowest BCUT2D eigenvalue weighted by molar-refractivity contribution is 0.102. The highest BCUT2D eigenvalue weighted by molar-refractivity contribution is 6.07. The van der Waals surface area contributed by atoms with Gasteiger partial charge in [-0.15, -0.1) is 0 Å². The molecule has 0 aromatic carbocycles. The fourth-order valence-electron chi connectivity index (χ4n) is 1.72. The van der Waals surface area contributed by atoms with Crippen molar-refractivity contribution in [3.63, 3.8) is 0 Å². The van der Waals surface area contributed by atoms with E-state index in [1.165, 1.54) is 0 Å². The average Bonchev–Trinajstić information content (AvgIpc) is 2.39. The van der Waals surface area contributed by atoms with Crippen LogP contribution in [0.4, 0.5) is 11.5 Å². The first-order valence-electron chi connectivity index (χ1n) is 6.13. The van der Waals surface area contributed by atoms with E-state index in [0.29, 0.717) is 11.4 Å². The quantitative estimate of drug-likeness (QED) is 0.881. The SMILES string of the molecule is CCNc1cnccc1C(=O)Nc1cccc(C)n1. The van der Waals surface area contributed by atoms with Crippen molar-refractivity contribution in [2.75, 3.05) is 17.2 Å². The van der Waals surface area contributed by atoms with Gasteiger partial charge >= 0.3 is 0 Å². The Balaban J connectivity index is 2.20. The summed E-state index contributed by atoms with van der Waals surface area (Å²) in [5.41, 5.74) is 2.13. The summed E-state index contributed by atoms with van der Waals surface area (Å²) >= 11 is 0. The van der Waals surface area contributed by atoms with Crippen LogP contribution in [0.5, 0.6) is 0 Å². The first-order chi connectivity index (χ1) is 9.20. The van der Waals surface area contributed by atoms with Crippen LogP contribution in [0.3, 0.4) is 0 Å². The number of hydrogen-bond acceptors (Lipinski definition) is 4. The van der Waals surface area contributed by atoms with Crippen LogP contribution in [0.25, 0.3) is 0 Å². The van der Waals surface area contributed by atoms with Crippen LogP contribution in [-0.4, -0.2) is 22.4 Å². The highest BCUT2D eigenvalue weighted by Gasteiger charge is 2.11. The van der Waals surface area contributed by atoms with Crippen LogP contribution < -0.4 is 10.6 Å². The van der Waals surface area contributed by atoms with E-state index in [1.54, 1.807) is 24.5 Å². The van der Waals surface area contributed by atoms with Crippen LogP contribution in [0, 0.1) is 6.92 Å². The van der Waals surface area contributed by atoms with Gasteiger partial charge in [0.15, 0.2) is 0 Å². The lowest BCUT2D eigenvalue weighted by Crippen LogP contribution is -2.16. The van der Waals surface area contributed by atoms with Crippen LogP contribution in [-0.2, 0) is 0 Å². The Morgan fingerprint density at radius 3 is 2.89 bits per heavy atom. The largest absolute Gasteiger partial charge is 0.383 e. The van der Waals surface area contributed by atoms with Gasteiger partial charge < -0.3 is 10.6 Å². The summed E-state index contributed by atoms with van der Waals surface area (Å²) in [5, 5.41) is 5.89.